The Labute approximate surface area is 148 Å². The average Bonchev–Trinajstić information content (AvgIpc) is 3.26. The van der Waals surface area contributed by atoms with Gasteiger partial charge in [-0.15, -0.1) is 22.7 Å². The van der Waals surface area contributed by atoms with E-state index in [1.807, 2.05) is 22.7 Å². The van der Waals surface area contributed by atoms with Crippen molar-refractivity contribution in [3.63, 3.8) is 0 Å². The Hall–Kier alpha value is -2.10. The van der Waals surface area contributed by atoms with E-state index in [1.54, 1.807) is 7.11 Å². The molecule has 2 aliphatic carbocycles. The summed E-state index contributed by atoms with van der Waals surface area (Å²) < 4.78 is 5.84. The predicted molar refractivity (Wildman–Crippen MR) is 105 cm³/mol. The molecule has 0 spiro atoms. The van der Waals surface area contributed by atoms with Crippen LogP contribution in [0.2, 0.25) is 0 Å². The van der Waals surface area contributed by atoms with Crippen molar-refractivity contribution < 1.29 is 4.74 Å². The van der Waals surface area contributed by atoms with E-state index in [1.165, 1.54) is 63.7 Å². The molecule has 4 aromatic rings. The van der Waals surface area contributed by atoms with Crippen LogP contribution in [0.5, 0.6) is 5.75 Å². The molecule has 116 valence electrons. The minimum atomic E-state index is 1.01. The van der Waals surface area contributed by atoms with E-state index in [-0.39, 0.29) is 0 Å². The van der Waals surface area contributed by atoms with Gasteiger partial charge in [-0.3, -0.25) is 0 Å². The Morgan fingerprint density at radius 2 is 1.33 bits per heavy atom. The van der Waals surface area contributed by atoms with Gasteiger partial charge in [0.15, 0.2) is 0 Å². The summed E-state index contributed by atoms with van der Waals surface area (Å²) in [5.41, 5.74) is 8.18. The maximum absolute atomic E-state index is 5.84. The van der Waals surface area contributed by atoms with Crippen molar-refractivity contribution >= 4 is 33.4 Å². The lowest BCUT2D eigenvalue weighted by atomic mass is 9.97. The van der Waals surface area contributed by atoms with Crippen molar-refractivity contribution in [1.82, 2.24) is 0 Å². The Bertz CT molecular complexity index is 1210. The van der Waals surface area contributed by atoms with Crippen LogP contribution in [0.4, 0.5) is 0 Å². The number of benzene rings is 2. The summed E-state index contributed by atoms with van der Waals surface area (Å²) in [7, 11) is 1.79. The van der Waals surface area contributed by atoms with Gasteiger partial charge in [0.1, 0.15) is 5.75 Å². The first-order chi connectivity index (χ1) is 11.7. The molecule has 0 bridgehead atoms. The van der Waals surface area contributed by atoms with Crippen LogP contribution in [0.3, 0.4) is 0 Å². The van der Waals surface area contributed by atoms with E-state index in [0.29, 0.717) is 0 Å². The average molecular weight is 346 g/mol. The maximum Gasteiger partial charge on any atom is 0.128 e. The van der Waals surface area contributed by atoms with E-state index >= 15 is 0 Å². The Kier molecular flexibility index (Phi) is 2.26. The molecule has 0 atom stereocenters. The van der Waals surface area contributed by atoms with E-state index in [0.717, 1.165) is 5.75 Å². The molecule has 24 heavy (non-hydrogen) atoms. The molecule has 2 aliphatic rings. The van der Waals surface area contributed by atoms with Crippen LogP contribution >= 0.6 is 22.7 Å². The van der Waals surface area contributed by atoms with Crippen molar-refractivity contribution in [2.45, 2.75) is 13.8 Å². The fourth-order valence-corrected chi connectivity index (χ4v) is 6.50. The van der Waals surface area contributed by atoms with Crippen LogP contribution in [-0.2, 0) is 0 Å². The molecule has 0 fully saturated rings. The third-order valence-electron chi connectivity index (χ3n) is 5.23. The molecule has 0 N–H and O–H groups in total. The standard InChI is InChI=1S/C21H14OS2/c1-9-6-13-11-4-5-12-14-7-10(2)24-21(14)19-16(22-3)8-15(20(13)23-9)17(11)18(12)19/h4-8H,1-3H3. The highest BCUT2D eigenvalue weighted by Crippen LogP contribution is 2.61. The smallest absolute Gasteiger partial charge is 0.128 e. The number of ether oxygens (including phenoxy) is 1. The molecule has 2 heterocycles. The normalized spacial score (nSPS) is 12.8. The van der Waals surface area contributed by atoms with Crippen molar-refractivity contribution in [1.29, 1.82) is 0 Å². The van der Waals surface area contributed by atoms with Gasteiger partial charge in [-0.1, -0.05) is 12.1 Å². The topological polar surface area (TPSA) is 9.23 Å². The molecule has 3 heteroatoms. The summed E-state index contributed by atoms with van der Waals surface area (Å²) in [6.45, 7) is 4.38. The Morgan fingerprint density at radius 3 is 2.04 bits per heavy atom. The summed E-state index contributed by atoms with van der Waals surface area (Å²) in [6.07, 6.45) is 0. The van der Waals surface area contributed by atoms with Crippen LogP contribution in [-0.4, -0.2) is 7.11 Å². The molecular weight excluding hydrogens is 332 g/mol. The molecule has 2 aromatic heterocycles. The minimum Gasteiger partial charge on any atom is -0.496 e. The number of rotatable bonds is 1. The molecule has 0 saturated carbocycles. The molecule has 6 rings (SSSR count). The van der Waals surface area contributed by atoms with Gasteiger partial charge in [-0.25, -0.2) is 0 Å². The van der Waals surface area contributed by atoms with Crippen molar-refractivity contribution in [2.75, 3.05) is 7.11 Å². The summed E-state index contributed by atoms with van der Waals surface area (Å²) in [4.78, 5) is 5.50. The predicted octanol–water partition coefficient (Wildman–Crippen LogP) is 6.88. The zero-order chi connectivity index (χ0) is 16.2. The fraction of sp³-hybridized carbons (Fsp3) is 0.143. The summed E-state index contributed by atoms with van der Waals surface area (Å²) in [5.74, 6) is 1.01. The van der Waals surface area contributed by atoms with Gasteiger partial charge in [-0.2, -0.15) is 0 Å². The molecule has 0 saturated heterocycles. The van der Waals surface area contributed by atoms with Crippen molar-refractivity contribution in [3.05, 3.63) is 40.1 Å². The zero-order valence-electron chi connectivity index (χ0n) is 13.6. The van der Waals surface area contributed by atoms with Gasteiger partial charge in [0.05, 0.1) is 7.11 Å². The number of thiophene rings is 2. The van der Waals surface area contributed by atoms with Crippen LogP contribution in [0.1, 0.15) is 9.75 Å². The summed E-state index contributed by atoms with van der Waals surface area (Å²) in [6, 6.07) is 11.5. The highest BCUT2D eigenvalue weighted by molar-refractivity contribution is 7.17. The van der Waals surface area contributed by atoms with Crippen LogP contribution in [0.25, 0.3) is 53.9 Å². The zero-order valence-corrected chi connectivity index (χ0v) is 15.2. The van der Waals surface area contributed by atoms with E-state index in [4.69, 9.17) is 4.74 Å². The Morgan fingerprint density at radius 1 is 0.708 bits per heavy atom. The van der Waals surface area contributed by atoms with E-state index < -0.39 is 0 Å². The molecule has 0 aliphatic heterocycles. The monoisotopic (exact) mass is 346 g/mol. The second-order valence-corrected chi connectivity index (χ2v) is 9.12. The van der Waals surface area contributed by atoms with Crippen LogP contribution in [0, 0.1) is 13.8 Å². The van der Waals surface area contributed by atoms with Crippen LogP contribution < -0.4 is 4.74 Å². The second kappa shape index (κ2) is 4.11. The summed E-state index contributed by atoms with van der Waals surface area (Å²) >= 11 is 3.77. The molecular formula is C21H14OS2. The fourth-order valence-electron chi connectivity index (χ4n) is 4.37. The quantitative estimate of drug-likeness (QED) is 0.315. The van der Waals surface area contributed by atoms with Crippen molar-refractivity contribution in [3.8, 4) is 48.9 Å². The largest absolute Gasteiger partial charge is 0.496 e. The SMILES string of the molecule is COc1cc2c3c(ccc4c3c1-c1sc(C)cc1-4)-c1cc(C)sc1-2. The van der Waals surface area contributed by atoms with Gasteiger partial charge in [-0.05, 0) is 48.6 Å². The van der Waals surface area contributed by atoms with E-state index in [2.05, 4.69) is 44.2 Å². The van der Waals surface area contributed by atoms with Gasteiger partial charge >= 0.3 is 0 Å². The third-order valence-corrected chi connectivity index (χ3v) is 7.38. The number of methoxy groups -OCH3 is 1. The number of hydrogen-bond donors (Lipinski definition) is 0. The van der Waals surface area contributed by atoms with Crippen molar-refractivity contribution in [2.24, 2.45) is 0 Å². The first-order valence-electron chi connectivity index (χ1n) is 8.07. The molecule has 0 unspecified atom stereocenters. The lowest BCUT2D eigenvalue weighted by molar-refractivity contribution is 0.417. The first-order valence-corrected chi connectivity index (χ1v) is 9.70. The van der Waals surface area contributed by atoms with Gasteiger partial charge in [0.2, 0.25) is 0 Å². The number of hydrogen-bond acceptors (Lipinski definition) is 3. The Balaban J connectivity index is 1.86. The van der Waals surface area contributed by atoms with E-state index in [9.17, 15) is 0 Å². The lowest BCUT2D eigenvalue weighted by Crippen LogP contribution is -1.88. The third kappa shape index (κ3) is 1.34. The second-order valence-electron chi connectivity index (χ2n) is 6.61. The minimum absolute atomic E-state index is 1.01. The number of aryl methyl sites for hydroxylation is 2. The van der Waals surface area contributed by atoms with Gasteiger partial charge < -0.3 is 4.74 Å². The molecule has 0 radical (unpaired) electrons. The molecule has 1 nitrogen and oxygen atoms in total. The number of fused-ring (bicyclic) bond motifs is 6. The highest BCUT2D eigenvalue weighted by Gasteiger charge is 2.33. The molecule has 0 amide bonds. The maximum atomic E-state index is 5.84. The van der Waals surface area contributed by atoms with Crippen LogP contribution in [0.15, 0.2) is 30.3 Å². The van der Waals surface area contributed by atoms with Gasteiger partial charge in [0.25, 0.3) is 0 Å². The molecule has 2 aromatic carbocycles. The lowest BCUT2D eigenvalue weighted by Gasteiger charge is -2.11. The first kappa shape index (κ1) is 13.2. The highest BCUT2D eigenvalue weighted by atomic mass is 32.1. The summed E-state index contributed by atoms with van der Waals surface area (Å²) in [5, 5.41) is 2.81. The van der Waals surface area contributed by atoms with Gasteiger partial charge in [0, 0.05) is 47.1 Å².